The smallest absolute Gasteiger partial charge is 0.331 e. The monoisotopic (exact) mass is 314 g/mol. The van der Waals surface area contributed by atoms with Gasteiger partial charge in [0.2, 0.25) is 5.82 Å². The molecule has 96 valence electrons. The molecule has 2 aromatic heterocycles. The highest BCUT2D eigenvalue weighted by atomic mass is 79.9. The van der Waals surface area contributed by atoms with Gasteiger partial charge >= 0.3 is 5.97 Å². The van der Waals surface area contributed by atoms with Gasteiger partial charge in [-0.05, 0) is 51.8 Å². The highest BCUT2D eigenvalue weighted by Crippen LogP contribution is 2.28. The molecule has 0 aliphatic carbocycles. The number of furan rings is 1. The van der Waals surface area contributed by atoms with Gasteiger partial charge < -0.3 is 9.52 Å². The summed E-state index contributed by atoms with van der Waals surface area (Å²) in [4.78, 5) is 11.4. The summed E-state index contributed by atoms with van der Waals surface area (Å²) in [6, 6.07) is 3.36. The van der Waals surface area contributed by atoms with Crippen LogP contribution in [0.5, 0.6) is 0 Å². The molecule has 2 heterocycles. The number of aromatic nitrogens is 4. The summed E-state index contributed by atoms with van der Waals surface area (Å²) in [5.41, 5.74) is -1.21. The number of nitrogens with zero attached hydrogens (tertiary/aromatic N) is 4. The molecule has 2 rings (SSSR count). The van der Waals surface area contributed by atoms with E-state index in [1.165, 1.54) is 4.68 Å². The Hall–Kier alpha value is -1.70. The fraction of sp³-hybridized carbons (Fsp3) is 0.400. The van der Waals surface area contributed by atoms with E-state index in [4.69, 9.17) is 4.42 Å². The van der Waals surface area contributed by atoms with Crippen LogP contribution in [0.4, 0.5) is 0 Å². The topological polar surface area (TPSA) is 94.0 Å². The Balaban J connectivity index is 2.54. The minimum atomic E-state index is -1.21. The molecule has 7 nitrogen and oxygen atoms in total. The second-order valence-corrected chi connectivity index (χ2v) is 4.73. The van der Waals surface area contributed by atoms with E-state index < -0.39 is 11.5 Å². The number of carboxylic acids is 1. The largest absolute Gasteiger partial charge is 0.479 e. The van der Waals surface area contributed by atoms with Gasteiger partial charge in [0.25, 0.3) is 0 Å². The van der Waals surface area contributed by atoms with E-state index in [2.05, 4.69) is 31.5 Å². The van der Waals surface area contributed by atoms with E-state index in [1.807, 2.05) is 0 Å². The van der Waals surface area contributed by atoms with E-state index >= 15 is 0 Å². The molecular formula is C10H11BrN4O3. The summed E-state index contributed by atoms with van der Waals surface area (Å²) in [6.45, 7) is 3.32. The third-order valence-electron chi connectivity index (χ3n) is 2.88. The summed E-state index contributed by atoms with van der Waals surface area (Å²) in [5.74, 6) is -0.301. The van der Waals surface area contributed by atoms with Crippen LogP contribution >= 0.6 is 15.9 Å². The number of aliphatic carboxylic acids is 1. The number of halogens is 1. The average Bonchev–Trinajstić information content (AvgIpc) is 2.95. The third-order valence-corrected chi connectivity index (χ3v) is 3.31. The fourth-order valence-electron chi connectivity index (χ4n) is 1.50. The number of hydrogen-bond donors (Lipinski definition) is 1. The Morgan fingerprint density at radius 3 is 2.83 bits per heavy atom. The molecule has 0 bridgehead atoms. The van der Waals surface area contributed by atoms with Crippen molar-refractivity contribution >= 4 is 21.9 Å². The second-order valence-electron chi connectivity index (χ2n) is 3.95. The van der Waals surface area contributed by atoms with Crippen LogP contribution in [0.15, 0.2) is 21.2 Å². The molecule has 1 unspecified atom stereocenters. The lowest BCUT2D eigenvalue weighted by molar-refractivity contribution is -0.147. The van der Waals surface area contributed by atoms with E-state index in [0.29, 0.717) is 16.9 Å². The van der Waals surface area contributed by atoms with Crippen LogP contribution in [0, 0.1) is 0 Å². The molecule has 0 aliphatic rings. The van der Waals surface area contributed by atoms with Crippen molar-refractivity contribution in [1.29, 1.82) is 0 Å². The maximum atomic E-state index is 11.4. The Kier molecular flexibility index (Phi) is 3.20. The summed E-state index contributed by atoms with van der Waals surface area (Å²) >= 11 is 3.18. The van der Waals surface area contributed by atoms with Crippen LogP contribution < -0.4 is 0 Å². The molecule has 18 heavy (non-hydrogen) atoms. The molecule has 1 atom stereocenters. The van der Waals surface area contributed by atoms with Crippen LogP contribution in [0.1, 0.15) is 20.3 Å². The van der Waals surface area contributed by atoms with Crippen molar-refractivity contribution in [1.82, 2.24) is 20.2 Å². The summed E-state index contributed by atoms with van der Waals surface area (Å²) in [6.07, 6.45) is 0.349. The lowest BCUT2D eigenvalue weighted by atomic mass is 9.99. The van der Waals surface area contributed by atoms with Crippen LogP contribution in [0.3, 0.4) is 0 Å². The molecular weight excluding hydrogens is 304 g/mol. The Labute approximate surface area is 111 Å². The van der Waals surface area contributed by atoms with Crippen molar-refractivity contribution < 1.29 is 14.3 Å². The second kappa shape index (κ2) is 4.52. The molecule has 0 saturated heterocycles. The van der Waals surface area contributed by atoms with Gasteiger partial charge in [-0.2, -0.15) is 0 Å². The van der Waals surface area contributed by atoms with Gasteiger partial charge in [-0.1, -0.05) is 6.92 Å². The normalized spacial score (nSPS) is 14.4. The first kappa shape index (κ1) is 12.7. The van der Waals surface area contributed by atoms with Gasteiger partial charge in [-0.15, -0.1) is 5.10 Å². The van der Waals surface area contributed by atoms with Crippen molar-refractivity contribution in [2.45, 2.75) is 25.8 Å². The Morgan fingerprint density at radius 2 is 2.33 bits per heavy atom. The maximum absolute atomic E-state index is 11.4. The van der Waals surface area contributed by atoms with Crippen LogP contribution in [0.2, 0.25) is 0 Å². The van der Waals surface area contributed by atoms with E-state index in [0.717, 1.165) is 0 Å². The SMILES string of the molecule is CCC(C)(C(=O)O)n1nnnc1-c1ccc(Br)o1. The van der Waals surface area contributed by atoms with Crippen molar-refractivity contribution in [3.8, 4) is 11.6 Å². The first-order valence-electron chi connectivity index (χ1n) is 5.27. The number of carbonyl (C=O) groups is 1. The standard InChI is InChI=1S/C10H11BrN4O3/c1-3-10(2,9(16)17)15-8(12-13-14-15)6-4-5-7(11)18-6/h4-5H,3H2,1-2H3,(H,16,17). The molecule has 0 amide bonds. The lowest BCUT2D eigenvalue weighted by Crippen LogP contribution is -2.39. The zero-order chi connectivity index (χ0) is 13.3. The van der Waals surface area contributed by atoms with Crippen LogP contribution in [0.25, 0.3) is 11.6 Å². The molecule has 8 heteroatoms. The number of hydrogen-bond acceptors (Lipinski definition) is 5. The zero-order valence-electron chi connectivity index (χ0n) is 9.79. The first-order chi connectivity index (χ1) is 8.49. The molecule has 0 fully saturated rings. The van der Waals surface area contributed by atoms with Crippen molar-refractivity contribution in [2.24, 2.45) is 0 Å². The van der Waals surface area contributed by atoms with Crippen molar-refractivity contribution in [3.63, 3.8) is 0 Å². The molecule has 0 spiro atoms. The van der Waals surface area contributed by atoms with Crippen LogP contribution in [-0.2, 0) is 10.3 Å². The molecule has 0 radical (unpaired) electrons. The highest BCUT2D eigenvalue weighted by molar-refractivity contribution is 9.10. The predicted molar refractivity (Wildman–Crippen MR) is 64.8 cm³/mol. The van der Waals surface area contributed by atoms with E-state index in [9.17, 15) is 9.90 Å². The van der Waals surface area contributed by atoms with Gasteiger partial charge in [-0.25, -0.2) is 9.48 Å². The lowest BCUT2D eigenvalue weighted by Gasteiger charge is -2.23. The Bertz CT molecular complexity index is 579. The first-order valence-corrected chi connectivity index (χ1v) is 6.06. The minimum absolute atomic E-state index is 0.285. The van der Waals surface area contributed by atoms with E-state index in [1.54, 1.807) is 26.0 Å². The van der Waals surface area contributed by atoms with Crippen molar-refractivity contribution in [2.75, 3.05) is 0 Å². The Morgan fingerprint density at radius 1 is 1.61 bits per heavy atom. The predicted octanol–water partition coefficient (Wildman–Crippen LogP) is 1.91. The number of rotatable bonds is 4. The molecule has 2 aromatic rings. The maximum Gasteiger partial charge on any atom is 0.331 e. The summed E-state index contributed by atoms with van der Waals surface area (Å²) < 4.78 is 7.14. The molecule has 0 aliphatic heterocycles. The van der Waals surface area contributed by atoms with Gasteiger partial charge in [0, 0.05) is 0 Å². The quantitative estimate of drug-likeness (QED) is 0.926. The molecule has 0 aromatic carbocycles. The highest BCUT2D eigenvalue weighted by Gasteiger charge is 2.37. The fourth-order valence-corrected chi connectivity index (χ4v) is 1.81. The van der Waals surface area contributed by atoms with Crippen molar-refractivity contribution in [3.05, 3.63) is 16.8 Å². The zero-order valence-corrected chi connectivity index (χ0v) is 11.4. The van der Waals surface area contributed by atoms with Crippen LogP contribution in [-0.4, -0.2) is 31.3 Å². The molecule has 1 N–H and O–H groups in total. The average molecular weight is 315 g/mol. The summed E-state index contributed by atoms with van der Waals surface area (Å²) in [5, 5.41) is 20.4. The van der Waals surface area contributed by atoms with Gasteiger partial charge in [0.05, 0.1) is 0 Å². The summed E-state index contributed by atoms with van der Waals surface area (Å²) in [7, 11) is 0. The molecule has 0 saturated carbocycles. The number of tetrazole rings is 1. The third kappa shape index (κ3) is 1.92. The van der Waals surface area contributed by atoms with E-state index in [-0.39, 0.29) is 5.82 Å². The van der Waals surface area contributed by atoms with Gasteiger partial charge in [0.15, 0.2) is 16.0 Å². The van der Waals surface area contributed by atoms with Gasteiger partial charge in [-0.3, -0.25) is 0 Å². The minimum Gasteiger partial charge on any atom is -0.479 e. The number of carboxylic acid groups (broad SMARTS) is 1. The van der Waals surface area contributed by atoms with Gasteiger partial charge in [0.1, 0.15) is 0 Å².